The Morgan fingerprint density at radius 3 is 2.58 bits per heavy atom. The molecule has 0 saturated heterocycles. The zero-order chi connectivity index (χ0) is 14.3. The molecule has 6 heteroatoms. The van der Waals surface area contributed by atoms with Gasteiger partial charge in [0, 0.05) is 28.9 Å². The first-order valence-electron chi connectivity index (χ1n) is 5.91. The number of carboxylic acids is 1. The second-order valence-electron chi connectivity index (χ2n) is 4.11. The van der Waals surface area contributed by atoms with Gasteiger partial charge in [-0.15, -0.1) is 0 Å². The fraction of sp³-hybridized carbons (Fsp3) is 0.385. The fourth-order valence-electron chi connectivity index (χ4n) is 1.51. The highest BCUT2D eigenvalue weighted by atomic mass is 79.9. The number of hydrogen-bond donors (Lipinski definition) is 2. The fourth-order valence-corrected chi connectivity index (χ4v) is 2.25. The maximum absolute atomic E-state index is 11.5. The molecule has 0 aliphatic rings. The number of nitrogens with one attached hydrogen (secondary N) is 1. The van der Waals surface area contributed by atoms with Gasteiger partial charge >= 0.3 is 5.97 Å². The molecule has 0 radical (unpaired) electrons. The Morgan fingerprint density at radius 2 is 1.95 bits per heavy atom. The number of carboxylic acid groups (broad SMARTS) is 1. The molecule has 1 aromatic rings. The lowest BCUT2D eigenvalue weighted by Gasteiger charge is -2.07. The third-order valence-electron chi connectivity index (χ3n) is 2.54. The van der Waals surface area contributed by atoms with Gasteiger partial charge in [0.15, 0.2) is 0 Å². The Morgan fingerprint density at radius 1 is 1.26 bits per heavy atom. The van der Waals surface area contributed by atoms with Gasteiger partial charge in [0.05, 0.1) is 0 Å². The van der Waals surface area contributed by atoms with Crippen LogP contribution in [-0.4, -0.2) is 17.0 Å². The second kappa shape index (κ2) is 8.17. The van der Waals surface area contributed by atoms with Crippen LogP contribution in [0.25, 0.3) is 0 Å². The van der Waals surface area contributed by atoms with Gasteiger partial charge in [-0.05, 0) is 30.5 Å². The molecule has 104 valence electrons. The van der Waals surface area contributed by atoms with Crippen LogP contribution < -0.4 is 5.32 Å². The van der Waals surface area contributed by atoms with Crippen molar-refractivity contribution in [2.75, 3.05) is 0 Å². The van der Waals surface area contributed by atoms with Gasteiger partial charge in [0.2, 0.25) is 5.91 Å². The minimum Gasteiger partial charge on any atom is -0.481 e. The van der Waals surface area contributed by atoms with Crippen LogP contribution in [0.2, 0.25) is 5.02 Å². The molecule has 0 heterocycles. The van der Waals surface area contributed by atoms with E-state index in [2.05, 4.69) is 21.2 Å². The number of rotatable bonds is 7. The molecule has 0 atom stereocenters. The van der Waals surface area contributed by atoms with Crippen LogP contribution >= 0.6 is 27.5 Å². The molecule has 0 bridgehead atoms. The molecule has 4 nitrogen and oxygen atoms in total. The maximum Gasteiger partial charge on any atom is 0.303 e. The lowest BCUT2D eigenvalue weighted by molar-refractivity contribution is -0.137. The molecule has 0 aromatic heterocycles. The summed E-state index contributed by atoms with van der Waals surface area (Å²) in [5, 5.41) is 11.8. The molecular formula is C13H15BrClNO3. The highest BCUT2D eigenvalue weighted by molar-refractivity contribution is 9.10. The van der Waals surface area contributed by atoms with E-state index in [9.17, 15) is 9.59 Å². The Balaban J connectivity index is 2.28. The summed E-state index contributed by atoms with van der Waals surface area (Å²) in [6, 6.07) is 5.48. The molecule has 0 unspecified atom stereocenters. The van der Waals surface area contributed by atoms with Crippen LogP contribution in [-0.2, 0) is 16.1 Å². The standard InChI is InChI=1S/C13H15BrClNO3/c14-10-6-5-9(11(15)7-10)8-16-12(17)3-1-2-4-13(18)19/h5-7H,1-4,8H2,(H,16,17)(H,18,19). The predicted molar refractivity (Wildman–Crippen MR) is 77.1 cm³/mol. The van der Waals surface area contributed by atoms with Crippen LogP contribution in [0.5, 0.6) is 0 Å². The largest absolute Gasteiger partial charge is 0.481 e. The van der Waals surface area contributed by atoms with E-state index in [0.717, 1.165) is 10.0 Å². The summed E-state index contributed by atoms with van der Waals surface area (Å²) >= 11 is 9.34. The highest BCUT2D eigenvalue weighted by Crippen LogP contribution is 2.21. The topological polar surface area (TPSA) is 66.4 Å². The zero-order valence-electron chi connectivity index (χ0n) is 10.3. The molecule has 1 rings (SSSR count). The molecule has 19 heavy (non-hydrogen) atoms. The highest BCUT2D eigenvalue weighted by Gasteiger charge is 2.05. The third-order valence-corrected chi connectivity index (χ3v) is 3.38. The average Bonchev–Trinajstić information content (AvgIpc) is 2.33. The first-order valence-corrected chi connectivity index (χ1v) is 7.08. The van der Waals surface area contributed by atoms with Crippen molar-refractivity contribution in [1.29, 1.82) is 0 Å². The normalized spacial score (nSPS) is 10.2. The summed E-state index contributed by atoms with van der Waals surface area (Å²) < 4.78 is 0.890. The first-order chi connectivity index (χ1) is 8.99. The molecular weight excluding hydrogens is 334 g/mol. The van der Waals surface area contributed by atoms with E-state index in [4.69, 9.17) is 16.7 Å². The molecule has 1 amide bonds. The number of aliphatic carboxylic acids is 1. The van der Waals surface area contributed by atoms with E-state index in [1.807, 2.05) is 12.1 Å². The summed E-state index contributed by atoms with van der Waals surface area (Å²) in [6.45, 7) is 0.379. The van der Waals surface area contributed by atoms with Gasteiger partial charge < -0.3 is 10.4 Å². The van der Waals surface area contributed by atoms with Crippen molar-refractivity contribution in [2.45, 2.75) is 32.2 Å². The molecule has 0 fully saturated rings. The summed E-state index contributed by atoms with van der Waals surface area (Å²) in [4.78, 5) is 21.8. The Bertz CT molecular complexity index is 465. The van der Waals surface area contributed by atoms with Crippen LogP contribution in [0.1, 0.15) is 31.2 Å². The van der Waals surface area contributed by atoms with Crippen molar-refractivity contribution in [2.24, 2.45) is 0 Å². The number of hydrogen-bond acceptors (Lipinski definition) is 2. The zero-order valence-corrected chi connectivity index (χ0v) is 12.6. The first kappa shape index (κ1) is 16.0. The number of halogens is 2. The van der Waals surface area contributed by atoms with Crippen molar-refractivity contribution in [3.8, 4) is 0 Å². The summed E-state index contributed by atoms with van der Waals surface area (Å²) in [5.74, 6) is -0.925. The number of unbranched alkanes of at least 4 members (excludes halogenated alkanes) is 1. The lowest BCUT2D eigenvalue weighted by atomic mass is 10.2. The molecule has 1 aromatic carbocycles. The van der Waals surface area contributed by atoms with E-state index in [1.165, 1.54) is 0 Å². The number of amides is 1. The predicted octanol–water partition coefficient (Wildman–Crippen LogP) is 3.36. The summed E-state index contributed by atoms with van der Waals surface area (Å²) in [5.41, 5.74) is 0.851. The van der Waals surface area contributed by atoms with Crippen molar-refractivity contribution < 1.29 is 14.7 Å². The van der Waals surface area contributed by atoms with Gasteiger partial charge in [-0.3, -0.25) is 9.59 Å². The monoisotopic (exact) mass is 347 g/mol. The van der Waals surface area contributed by atoms with E-state index in [0.29, 0.717) is 30.8 Å². The third kappa shape index (κ3) is 6.59. The van der Waals surface area contributed by atoms with E-state index < -0.39 is 5.97 Å². The minimum atomic E-state index is -0.831. The van der Waals surface area contributed by atoms with Gasteiger partial charge in [-0.1, -0.05) is 33.6 Å². The van der Waals surface area contributed by atoms with Crippen LogP contribution in [0.3, 0.4) is 0 Å². The summed E-state index contributed by atoms with van der Waals surface area (Å²) in [7, 11) is 0. The van der Waals surface area contributed by atoms with Gasteiger partial charge in [0.1, 0.15) is 0 Å². The smallest absolute Gasteiger partial charge is 0.303 e. The van der Waals surface area contributed by atoms with E-state index in [1.54, 1.807) is 6.07 Å². The molecule has 2 N–H and O–H groups in total. The minimum absolute atomic E-state index is 0.0932. The van der Waals surface area contributed by atoms with Crippen LogP contribution in [0.15, 0.2) is 22.7 Å². The SMILES string of the molecule is O=C(O)CCCCC(=O)NCc1ccc(Br)cc1Cl. The lowest BCUT2D eigenvalue weighted by Crippen LogP contribution is -2.22. The number of carbonyl (C=O) groups excluding carboxylic acids is 1. The van der Waals surface area contributed by atoms with Gasteiger partial charge in [0.25, 0.3) is 0 Å². The van der Waals surface area contributed by atoms with Crippen LogP contribution in [0.4, 0.5) is 0 Å². The number of carbonyl (C=O) groups is 2. The van der Waals surface area contributed by atoms with Gasteiger partial charge in [-0.2, -0.15) is 0 Å². The maximum atomic E-state index is 11.5. The van der Waals surface area contributed by atoms with Crippen molar-refractivity contribution in [1.82, 2.24) is 5.32 Å². The molecule has 0 aliphatic carbocycles. The van der Waals surface area contributed by atoms with E-state index in [-0.39, 0.29) is 12.3 Å². The Labute approximate surface area is 125 Å². The Hall–Kier alpha value is -1.07. The van der Waals surface area contributed by atoms with Crippen molar-refractivity contribution in [3.05, 3.63) is 33.3 Å². The molecule has 0 saturated carbocycles. The second-order valence-corrected chi connectivity index (χ2v) is 5.44. The van der Waals surface area contributed by atoms with Crippen molar-refractivity contribution >= 4 is 39.4 Å². The molecule has 0 spiro atoms. The van der Waals surface area contributed by atoms with Gasteiger partial charge in [-0.25, -0.2) is 0 Å². The average molecular weight is 349 g/mol. The van der Waals surface area contributed by atoms with Crippen LogP contribution in [0, 0.1) is 0 Å². The summed E-state index contributed by atoms with van der Waals surface area (Å²) in [6.07, 6.45) is 1.53. The quantitative estimate of drug-likeness (QED) is 0.743. The van der Waals surface area contributed by atoms with Crippen molar-refractivity contribution in [3.63, 3.8) is 0 Å². The Kier molecular flexibility index (Phi) is 6.87. The number of benzene rings is 1. The molecule has 0 aliphatic heterocycles. The van der Waals surface area contributed by atoms with E-state index >= 15 is 0 Å².